The lowest BCUT2D eigenvalue weighted by Gasteiger charge is -2.26. The van der Waals surface area contributed by atoms with Crippen molar-refractivity contribution in [3.63, 3.8) is 0 Å². The summed E-state index contributed by atoms with van der Waals surface area (Å²) in [5, 5.41) is 2.63. The van der Waals surface area contributed by atoms with Gasteiger partial charge < -0.3 is 4.90 Å². The van der Waals surface area contributed by atoms with E-state index in [0.29, 0.717) is 0 Å². The quantitative estimate of drug-likeness (QED) is 0.150. The zero-order valence-electron chi connectivity index (χ0n) is 30.7. The van der Waals surface area contributed by atoms with Crippen molar-refractivity contribution in [2.24, 2.45) is 0 Å². The van der Waals surface area contributed by atoms with Crippen molar-refractivity contribution >= 4 is 48.6 Å². The molecule has 0 unspecified atom stereocenters. The molecule has 0 aliphatic heterocycles. The van der Waals surface area contributed by atoms with Gasteiger partial charge in [0.25, 0.3) is 0 Å². The molecule has 0 saturated carbocycles. The second-order valence-electron chi connectivity index (χ2n) is 14.2. The number of benzene rings is 9. The maximum Gasteiger partial charge on any atom is 0.0462 e. The van der Waals surface area contributed by atoms with Crippen LogP contribution in [0.5, 0.6) is 0 Å². The average molecular weight is 732 g/mol. The van der Waals surface area contributed by atoms with E-state index in [0.717, 1.165) is 17.1 Å². The van der Waals surface area contributed by atoms with E-state index in [1.165, 1.54) is 75.8 Å². The molecule has 10 rings (SSSR count). The summed E-state index contributed by atoms with van der Waals surface area (Å²) in [6.45, 7) is 0. The van der Waals surface area contributed by atoms with Crippen molar-refractivity contribution in [3.8, 4) is 55.6 Å². The minimum atomic E-state index is 1.11. The number of rotatable bonds is 8. The molecule has 0 saturated heterocycles. The smallest absolute Gasteiger partial charge is 0.0462 e. The zero-order chi connectivity index (χ0) is 37.3. The highest BCUT2D eigenvalue weighted by atomic mass is 32.1. The van der Waals surface area contributed by atoms with E-state index in [4.69, 9.17) is 0 Å². The molecule has 0 N–H and O–H groups in total. The van der Waals surface area contributed by atoms with Crippen molar-refractivity contribution in [2.75, 3.05) is 4.90 Å². The van der Waals surface area contributed by atoms with Crippen LogP contribution >= 0.6 is 11.3 Å². The molecule has 1 aromatic heterocycles. The molecule has 0 aliphatic carbocycles. The maximum atomic E-state index is 2.36. The van der Waals surface area contributed by atoms with Gasteiger partial charge in [-0.15, -0.1) is 11.3 Å². The van der Waals surface area contributed by atoms with Crippen LogP contribution in [0.25, 0.3) is 75.8 Å². The molecule has 1 heterocycles. The van der Waals surface area contributed by atoms with Gasteiger partial charge in [-0.25, -0.2) is 0 Å². The summed E-state index contributed by atoms with van der Waals surface area (Å²) in [6, 6.07) is 81.2. The Labute approximate surface area is 332 Å². The van der Waals surface area contributed by atoms with Crippen LogP contribution in [0, 0.1) is 0 Å². The number of anilines is 3. The van der Waals surface area contributed by atoms with E-state index in [1.807, 2.05) is 11.3 Å². The third-order valence-corrected chi connectivity index (χ3v) is 11.9. The Morgan fingerprint density at radius 1 is 0.232 bits per heavy atom. The number of thiophene rings is 1. The molecule has 0 fully saturated rings. The van der Waals surface area contributed by atoms with Gasteiger partial charge in [0.15, 0.2) is 0 Å². The maximum absolute atomic E-state index is 2.36. The van der Waals surface area contributed by atoms with Gasteiger partial charge >= 0.3 is 0 Å². The summed E-state index contributed by atoms with van der Waals surface area (Å²) in [7, 11) is 0. The van der Waals surface area contributed by atoms with Crippen LogP contribution in [0.4, 0.5) is 17.1 Å². The third-order valence-electron chi connectivity index (χ3n) is 10.7. The minimum Gasteiger partial charge on any atom is -0.311 e. The second kappa shape index (κ2) is 14.7. The minimum absolute atomic E-state index is 1.11. The second-order valence-corrected chi connectivity index (χ2v) is 15.3. The fraction of sp³-hybridized carbons (Fsp3) is 0. The predicted molar refractivity (Wildman–Crippen MR) is 241 cm³/mol. The van der Waals surface area contributed by atoms with Gasteiger partial charge in [0.1, 0.15) is 0 Å². The van der Waals surface area contributed by atoms with Crippen molar-refractivity contribution in [3.05, 3.63) is 224 Å². The number of nitrogens with zero attached hydrogens (tertiary/aromatic N) is 1. The number of hydrogen-bond acceptors (Lipinski definition) is 2. The summed E-state index contributed by atoms with van der Waals surface area (Å²) >= 11 is 1.86. The van der Waals surface area contributed by atoms with Crippen LogP contribution in [0.15, 0.2) is 224 Å². The van der Waals surface area contributed by atoms with Crippen molar-refractivity contribution in [1.29, 1.82) is 0 Å². The van der Waals surface area contributed by atoms with Crippen molar-refractivity contribution in [1.82, 2.24) is 0 Å². The lowest BCUT2D eigenvalue weighted by molar-refractivity contribution is 1.28. The Morgan fingerprint density at radius 2 is 0.482 bits per heavy atom. The summed E-state index contributed by atoms with van der Waals surface area (Å²) < 4.78 is 2.64. The first-order valence-electron chi connectivity index (χ1n) is 19.1. The molecular formula is C54H37NS. The van der Waals surface area contributed by atoms with Gasteiger partial charge in [-0.1, -0.05) is 164 Å². The molecule has 0 atom stereocenters. The van der Waals surface area contributed by atoms with Crippen molar-refractivity contribution < 1.29 is 0 Å². The summed E-state index contributed by atoms with van der Waals surface area (Å²) in [5.41, 5.74) is 15.5. The van der Waals surface area contributed by atoms with Crippen molar-refractivity contribution in [2.45, 2.75) is 0 Å². The Morgan fingerprint density at radius 3 is 0.821 bits per heavy atom. The van der Waals surface area contributed by atoms with Gasteiger partial charge in [-0.3, -0.25) is 0 Å². The fourth-order valence-electron chi connectivity index (χ4n) is 7.74. The number of fused-ring (bicyclic) bond motifs is 3. The van der Waals surface area contributed by atoms with Gasteiger partial charge in [0.2, 0.25) is 0 Å². The highest BCUT2D eigenvalue weighted by Gasteiger charge is 2.15. The van der Waals surface area contributed by atoms with E-state index >= 15 is 0 Å². The average Bonchev–Trinajstić information content (AvgIpc) is 3.65. The van der Waals surface area contributed by atoms with E-state index in [1.54, 1.807) is 0 Å². The molecule has 10 aromatic rings. The van der Waals surface area contributed by atoms with E-state index in [2.05, 4.69) is 229 Å². The molecule has 264 valence electrons. The molecule has 0 radical (unpaired) electrons. The third kappa shape index (κ3) is 6.57. The predicted octanol–water partition coefficient (Wildman–Crippen LogP) is 15.9. The zero-order valence-corrected chi connectivity index (χ0v) is 31.5. The van der Waals surface area contributed by atoms with Gasteiger partial charge in [0, 0.05) is 37.2 Å². The Bertz CT molecular complexity index is 2810. The molecule has 2 heteroatoms. The molecular weight excluding hydrogens is 695 g/mol. The first-order valence-corrected chi connectivity index (χ1v) is 19.9. The molecule has 0 amide bonds. The van der Waals surface area contributed by atoms with Crippen LogP contribution < -0.4 is 4.90 Å². The summed E-state index contributed by atoms with van der Waals surface area (Å²) in [6.07, 6.45) is 0. The summed E-state index contributed by atoms with van der Waals surface area (Å²) in [5.74, 6) is 0. The van der Waals surface area contributed by atoms with Gasteiger partial charge in [-0.05, 0) is 116 Å². The topological polar surface area (TPSA) is 3.24 Å². The monoisotopic (exact) mass is 731 g/mol. The van der Waals surface area contributed by atoms with E-state index in [9.17, 15) is 0 Å². The van der Waals surface area contributed by atoms with Gasteiger partial charge in [0.05, 0.1) is 0 Å². The van der Waals surface area contributed by atoms with Crippen LogP contribution in [0.3, 0.4) is 0 Å². The first kappa shape index (κ1) is 33.6. The Kier molecular flexibility index (Phi) is 8.79. The molecule has 1 nitrogen and oxygen atoms in total. The fourth-order valence-corrected chi connectivity index (χ4v) is 8.81. The largest absolute Gasteiger partial charge is 0.311 e. The Balaban J connectivity index is 0.945. The highest BCUT2D eigenvalue weighted by molar-refractivity contribution is 7.25. The molecule has 0 bridgehead atoms. The molecule has 56 heavy (non-hydrogen) atoms. The SMILES string of the molecule is c1ccc(-c2ccc(N(c3ccc(-c4ccccc4)cc3)c3ccc(-c4ccc(-c5ccc6sc7ccc(-c8ccccc8)cc7c6c5)cc4)cc3)cc2)cc1. The molecule has 0 aliphatic rings. The normalized spacial score (nSPS) is 11.2. The first-order chi connectivity index (χ1) is 27.7. The van der Waals surface area contributed by atoms with E-state index in [-0.39, 0.29) is 0 Å². The Hall–Kier alpha value is -7.00. The lowest BCUT2D eigenvalue weighted by Crippen LogP contribution is -2.09. The van der Waals surface area contributed by atoms with Crippen LogP contribution in [0.1, 0.15) is 0 Å². The van der Waals surface area contributed by atoms with Gasteiger partial charge in [-0.2, -0.15) is 0 Å². The van der Waals surface area contributed by atoms with E-state index < -0.39 is 0 Å². The van der Waals surface area contributed by atoms with Crippen LogP contribution in [-0.2, 0) is 0 Å². The highest BCUT2D eigenvalue weighted by Crippen LogP contribution is 2.40. The molecule has 9 aromatic carbocycles. The molecule has 0 spiro atoms. The standard InChI is InChI=1S/C54H37NS/c1-4-10-38(11-5-1)42-20-28-48(29-21-42)55(49-30-22-43(23-31-49)39-12-6-2-7-13-39)50-32-24-44(25-33-50)41-16-18-45(19-17-41)47-27-35-54-52(37-47)51-36-46(26-34-53(51)56-54)40-14-8-3-9-15-40/h1-37H. The number of hydrogen-bond donors (Lipinski definition) is 0. The lowest BCUT2D eigenvalue weighted by atomic mass is 9.98. The summed E-state index contributed by atoms with van der Waals surface area (Å²) in [4.78, 5) is 2.34. The van der Waals surface area contributed by atoms with Crippen LogP contribution in [0.2, 0.25) is 0 Å². The van der Waals surface area contributed by atoms with Crippen LogP contribution in [-0.4, -0.2) is 0 Å².